The average Bonchev–Trinajstić information content (AvgIpc) is 2.68. The molecule has 0 heterocycles. The summed E-state index contributed by atoms with van der Waals surface area (Å²) < 4.78 is 12.9. The quantitative estimate of drug-likeness (QED) is 0.560. The van der Waals surface area contributed by atoms with E-state index in [1.54, 1.807) is 36.4 Å². The third kappa shape index (κ3) is 5.91. The van der Waals surface area contributed by atoms with Crippen LogP contribution in [-0.4, -0.2) is 12.5 Å². The van der Waals surface area contributed by atoms with Gasteiger partial charge in [0.15, 0.2) is 0 Å². The molecule has 0 fully saturated rings. The highest BCUT2D eigenvalue weighted by atomic mass is 35.5. The minimum atomic E-state index is -0.221. The van der Waals surface area contributed by atoms with Crippen molar-refractivity contribution in [1.82, 2.24) is 5.32 Å². The van der Waals surface area contributed by atoms with Crippen molar-refractivity contribution in [2.75, 3.05) is 11.9 Å². The van der Waals surface area contributed by atoms with Crippen molar-refractivity contribution in [3.05, 3.63) is 100 Å². The first-order valence-corrected chi connectivity index (χ1v) is 9.09. The number of rotatable bonds is 7. The summed E-state index contributed by atoms with van der Waals surface area (Å²) >= 11 is 5.92. The molecule has 0 unspecified atom stereocenters. The van der Waals surface area contributed by atoms with Gasteiger partial charge in [0.2, 0.25) is 0 Å². The molecule has 5 heteroatoms. The van der Waals surface area contributed by atoms with Crippen LogP contribution >= 0.6 is 11.6 Å². The number of halogens is 2. The van der Waals surface area contributed by atoms with Crippen molar-refractivity contribution >= 4 is 23.2 Å². The van der Waals surface area contributed by atoms with Gasteiger partial charge in [0.1, 0.15) is 5.82 Å². The van der Waals surface area contributed by atoms with Crippen LogP contribution in [0, 0.1) is 5.82 Å². The van der Waals surface area contributed by atoms with Gasteiger partial charge in [-0.3, -0.25) is 4.79 Å². The van der Waals surface area contributed by atoms with Gasteiger partial charge in [0, 0.05) is 22.8 Å². The summed E-state index contributed by atoms with van der Waals surface area (Å²) in [5.41, 5.74) is 3.48. The van der Waals surface area contributed by atoms with E-state index in [4.69, 9.17) is 11.6 Å². The molecule has 0 aliphatic rings. The maximum atomic E-state index is 12.9. The molecule has 0 saturated carbocycles. The summed E-state index contributed by atoms with van der Waals surface area (Å²) in [6.07, 6.45) is 0.865. The lowest BCUT2D eigenvalue weighted by Gasteiger charge is -2.08. The summed E-state index contributed by atoms with van der Waals surface area (Å²) in [6, 6.07) is 21.1. The number of benzene rings is 3. The maximum absolute atomic E-state index is 12.9. The number of hydrogen-bond acceptors (Lipinski definition) is 2. The lowest BCUT2D eigenvalue weighted by atomic mass is 10.1. The molecule has 0 aliphatic heterocycles. The van der Waals surface area contributed by atoms with Crippen LogP contribution in [0.3, 0.4) is 0 Å². The highest BCUT2D eigenvalue weighted by molar-refractivity contribution is 6.31. The highest BCUT2D eigenvalue weighted by Crippen LogP contribution is 2.14. The van der Waals surface area contributed by atoms with Crippen molar-refractivity contribution in [2.45, 2.75) is 13.0 Å². The second-order valence-corrected chi connectivity index (χ2v) is 6.65. The molecule has 0 saturated heterocycles. The van der Waals surface area contributed by atoms with E-state index in [0.717, 1.165) is 24.2 Å². The van der Waals surface area contributed by atoms with Crippen molar-refractivity contribution in [3.63, 3.8) is 0 Å². The Morgan fingerprint density at radius 2 is 1.63 bits per heavy atom. The molecule has 0 spiro atoms. The van der Waals surface area contributed by atoms with Gasteiger partial charge in [-0.1, -0.05) is 41.9 Å². The SMILES string of the molecule is O=C(Nc1ccc(CCNCc2ccc(F)cc2)cc1)c1cccc(Cl)c1. The molecule has 27 heavy (non-hydrogen) atoms. The lowest BCUT2D eigenvalue weighted by molar-refractivity contribution is 0.102. The number of nitrogens with one attached hydrogen (secondary N) is 2. The van der Waals surface area contributed by atoms with E-state index in [1.165, 1.54) is 17.7 Å². The van der Waals surface area contributed by atoms with Gasteiger partial charge in [-0.2, -0.15) is 0 Å². The Kier molecular flexibility index (Phi) is 6.58. The van der Waals surface area contributed by atoms with Crippen LogP contribution in [0.2, 0.25) is 5.02 Å². The van der Waals surface area contributed by atoms with Gasteiger partial charge in [-0.05, 0) is 66.6 Å². The largest absolute Gasteiger partial charge is 0.322 e. The Balaban J connectivity index is 1.45. The van der Waals surface area contributed by atoms with Crippen LogP contribution in [0.1, 0.15) is 21.5 Å². The Morgan fingerprint density at radius 3 is 2.33 bits per heavy atom. The third-order valence-corrected chi connectivity index (χ3v) is 4.37. The molecule has 3 aromatic carbocycles. The van der Waals surface area contributed by atoms with E-state index >= 15 is 0 Å². The molecule has 3 rings (SSSR count). The lowest BCUT2D eigenvalue weighted by Crippen LogP contribution is -2.16. The van der Waals surface area contributed by atoms with Gasteiger partial charge in [-0.25, -0.2) is 4.39 Å². The number of amides is 1. The normalized spacial score (nSPS) is 10.6. The Bertz CT molecular complexity index is 895. The van der Waals surface area contributed by atoms with Crippen LogP contribution in [-0.2, 0) is 13.0 Å². The molecule has 1 amide bonds. The van der Waals surface area contributed by atoms with Crippen LogP contribution in [0.15, 0.2) is 72.8 Å². The summed E-state index contributed by atoms with van der Waals surface area (Å²) in [5.74, 6) is -0.410. The zero-order chi connectivity index (χ0) is 19.1. The standard InChI is InChI=1S/C22H20ClFN2O/c23-19-3-1-2-18(14-19)22(27)26-21-10-6-16(7-11-21)12-13-25-15-17-4-8-20(24)9-5-17/h1-11,14,25H,12-13,15H2,(H,26,27). The summed E-state index contributed by atoms with van der Waals surface area (Å²) in [5, 5.41) is 6.73. The monoisotopic (exact) mass is 382 g/mol. The molecule has 0 aliphatic carbocycles. The summed E-state index contributed by atoms with van der Waals surface area (Å²) in [7, 11) is 0. The molecule has 2 N–H and O–H groups in total. The zero-order valence-corrected chi connectivity index (χ0v) is 15.5. The van der Waals surface area contributed by atoms with Crippen molar-refractivity contribution in [3.8, 4) is 0 Å². The smallest absolute Gasteiger partial charge is 0.255 e. The molecule has 0 bridgehead atoms. The van der Waals surface area contributed by atoms with Crippen LogP contribution in [0.4, 0.5) is 10.1 Å². The zero-order valence-electron chi connectivity index (χ0n) is 14.7. The van der Waals surface area contributed by atoms with E-state index in [1.807, 2.05) is 24.3 Å². The van der Waals surface area contributed by atoms with Crippen LogP contribution in [0.5, 0.6) is 0 Å². The first kappa shape index (κ1) is 19.1. The number of hydrogen-bond donors (Lipinski definition) is 2. The highest BCUT2D eigenvalue weighted by Gasteiger charge is 2.06. The molecule has 3 aromatic rings. The number of carbonyl (C=O) groups excluding carboxylic acids is 1. The second kappa shape index (κ2) is 9.31. The molecule has 138 valence electrons. The van der Waals surface area contributed by atoms with Gasteiger partial charge < -0.3 is 10.6 Å². The molecule has 0 radical (unpaired) electrons. The predicted molar refractivity (Wildman–Crippen MR) is 108 cm³/mol. The van der Waals surface area contributed by atoms with Gasteiger partial charge >= 0.3 is 0 Å². The van der Waals surface area contributed by atoms with E-state index in [-0.39, 0.29) is 11.7 Å². The van der Waals surface area contributed by atoms with E-state index in [9.17, 15) is 9.18 Å². The first-order valence-electron chi connectivity index (χ1n) is 8.71. The number of anilines is 1. The van der Waals surface area contributed by atoms with Gasteiger partial charge in [0.05, 0.1) is 0 Å². The Hall–Kier alpha value is -2.69. The van der Waals surface area contributed by atoms with Crippen molar-refractivity contribution in [1.29, 1.82) is 0 Å². The number of carbonyl (C=O) groups is 1. The first-order chi connectivity index (χ1) is 13.1. The fourth-order valence-corrected chi connectivity index (χ4v) is 2.85. The minimum Gasteiger partial charge on any atom is -0.322 e. The summed E-state index contributed by atoms with van der Waals surface area (Å²) in [4.78, 5) is 12.2. The predicted octanol–water partition coefficient (Wildman–Crippen LogP) is 5.06. The average molecular weight is 383 g/mol. The van der Waals surface area contributed by atoms with Gasteiger partial charge in [0.25, 0.3) is 5.91 Å². The van der Waals surface area contributed by atoms with Crippen molar-refractivity contribution < 1.29 is 9.18 Å². The topological polar surface area (TPSA) is 41.1 Å². The molecular formula is C22H20ClFN2O. The molecule has 3 nitrogen and oxygen atoms in total. The molecule has 0 atom stereocenters. The van der Waals surface area contributed by atoms with Crippen molar-refractivity contribution in [2.24, 2.45) is 0 Å². The van der Waals surface area contributed by atoms with E-state index in [0.29, 0.717) is 17.1 Å². The molecular weight excluding hydrogens is 363 g/mol. The fourth-order valence-electron chi connectivity index (χ4n) is 2.66. The third-order valence-electron chi connectivity index (χ3n) is 4.13. The van der Waals surface area contributed by atoms with Crippen LogP contribution < -0.4 is 10.6 Å². The summed E-state index contributed by atoms with van der Waals surface area (Å²) in [6.45, 7) is 1.51. The minimum absolute atomic E-state index is 0.189. The van der Waals surface area contributed by atoms with E-state index < -0.39 is 0 Å². The van der Waals surface area contributed by atoms with Gasteiger partial charge in [-0.15, -0.1) is 0 Å². The maximum Gasteiger partial charge on any atom is 0.255 e. The fraction of sp³-hybridized carbons (Fsp3) is 0.136. The second-order valence-electron chi connectivity index (χ2n) is 6.21. The van der Waals surface area contributed by atoms with Crippen LogP contribution in [0.25, 0.3) is 0 Å². The Morgan fingerprint density at radius 1 is 0.926 bits per heavy atom. The molecule has 0 aromatic heterocycles. The van der Waals surface area contributed by atoms with E-state index in [2.05, 4.69) is 10.6 Å². The Labute approximate surface area is 163 Å².